The first-order valence-corrected chi connectivity index (χ1v) is 4.57. The number of hydrogen-bond donors (Lipinski definition) is 1. The van der Waals surface area contributed by atoms with Crippen molar-refractivity contribution in [1.82, 2.24) is 4.57 Å². The second-order valence-corrected chi connectivity index (χ2v) is 3.36. The third-order valence-electron chi connectivity index (χ3n) is 1.99. The maximum atomic E-state index is 11.5. The number of ketones is 1. The van der Waals surface area contributed by atoms with Crippen molar-refractivity contribution in [2.24, 2.45) is 5.73 Å². The van der Waals surface area contributed by atoms with Crippen molar-refractivity contribution in [3.63, 3.8) is 0 Å². The summed E-state index contributed by atoms with van der Waals surface area (Å²) in [6.07, 6.45) is 2.35. The fraction of sp³-hybridized carbons (Fsp3) is 0.500. The zero-order chi connectivity index (χ0) is 9.84. The van der Waals surface area contributed by atoms with Crippen LogP contribution in [0, 0.1) is 0 Å². The van der Waals surface area contributed by atoms with Gasteiger partial charge in [0.2, 0.25) is 0 Å². The Kier molecular flexibility index (Phi) is 3.25. The Morgan fingerprint density at radius 2 is 2.31 bits per heavy atom. The zero-order valence-electron chi connectivity index (χ0n) is 8.16. The van der Waals surface area contributed by atoms with Gasteiger partial charge in [-0.05, 0) is 32.5 Å². The van der Waals surface area contributed by atoms with Crippen LogP contribution in [0.3, 0.4) is 0 Å². The molecule has 1 rings (SSSR count). The lowest BCUT2D eigenvalue weighted by atomic mass is 10.2. The van der Waals surface area contributed by atoms with Gasteiger partial charge >= 0.3 is 0 Å². The van der Waals surface area contributed by atoms with Gasteiger partial charge in [-0.3, -0.25) is 4.79 Å². The molecule has 3 nitrogen and oxygen atoms in total. The monoisotopic (exact) mass is 180 g/mol. The number of nitrogens with zero attached hydrogens (tertiary/aromatic N) is 1. The first kappa shape index (κ1) is 9.99. The number of Topliss-reactive ketones (excluding diaryl/α,β-unsaturated/α-hetero) is 1. The molecule has 1 aromatic heterocycles. The highest BCUT2D eigenvalue weighted by atomic mass is 16.1. The predicted octanol–water partition coefficient (Wildman–Crippen LogP) is 1.60. The fourth-order valence-corrected chi connectivity index (χ4v) is 1.34. The molecule has 0 aliphatic rings. The third-order valence-corrected chi connectivity index (χ3v) is 1.99. The van der Waals surface area contributed by atoms with Crippen LogP contribution < -0.4 is 5.73 Å². The van der Waals surface area contributed by atoms with Gasteiger partial charge < -0.3 is 10.3 Å². The summed E-state index contributed by atoms with van der Waals surface area (Å²) in [4.78, 5) is 11.5. The van der Waals surface area contributed by atoms with E-state index >= 15 is 0 Å². The van der Waals surface area contributed by atoms with Crippen LogP contribution in [0.15, 0.2) is 18.3 Å². The molecular weight excluding hydrogens is 164 g/mol. The van der Waals surface area contributed by atoms with E-state index < -0.39 is 0 Å². The molecule has 2 N–H and O–H groups in total. The lowest BCUT2D eigenvalue weighted by Crippen LogP contribution is -2.13. The largest absolute Gasteiger partial charge is 0.343 e. The first-order chi connectivity index (χ1) is 6.16. The molecule has 0 aliphatic carbocycles. The van der Waals surface area contributed by atoms with E-state index in [9.17, 15) is 4.79 Å². The normalized spacial score (nSPS) is 10.8. The smallest absolute Gasteiger partial charge is 0.180 e. The molecule has 0 fully saturated rings. The molecule has 0 bridgehead atoms. The SMILES string of the molecule is CC(C)n1cccc1C(=O)CCN. The van der Waals surface area contributed by atoms with E-state index in [2.05, 4.69) is 13.8 Å². The summed E-state index contributed by atoms with van der Waals surface area (Å²) >= 11 is 0. The average molecular weight is 180 g/mol. The van der Waals surface area contributed by atoms with Crippen molar-refractivity contribution in [2.45, 2.75) is 26.3 Å². The van der Waals surface area contributed by atoms with E-state index in [-0.39, 0.29) is 5.78 Å². The first-order valence-electron chi connectivity index (χ1n) is 4.57. The predicted molar refractivity (Wildman–Crippen MR) is 52.8 cm³/mol. The molecule has 1 aromatic rings. The highest BCUT2D eigenvalue weighted by Crippen LogP contribution is 2.12. The molecule has 0 atom stereocenters. The molecular formula is C10H16N2O. The Labute approximate surface area is 78.5 Å². The van der Waals surface area contributed by atoms with Gasteiger partial charge in [0.05, 0.1) is 5.69 Å². The minimum atomic E-state index is 0.126. The lowest BCUT2D eigenvalue weighted by molar-refractivity contribution is 0.0975. The maximum Gasteiger partial charge on any atom is 0.180 e. The quantitative estimate of drug-likeness (QED) is 0.715. The van der Waals surface area contributed by atoms with E-state index in [0.29, 0.717) is 19.0 Å². The Morgan fingerprint density at radius 1 is 1.62 bits per heavy atom. The van der Waals surface area contributed by atoms with Crippen LogP contribution in [0.2, 0.25) is 0 Å². The van der Waals surface area contributed by atoms with Crippen LogP contribution in [0.4, 0.5) is 0 Å². The summed E-state index contributed by atoms with van der Waals surface area (Å²) in [5.74, 6) is 0.126. The number of rotatable bonds is 4. The number of aromatic nitrogens is 1. The topological polar surface area (TPSA) is 48.0 Å². The van der Waals surface area contributed by atoms with E-state index in [0.717, 1.165) is 5.69 Å². The van der Waals surface area contributed by atoms with Crippen LogP contribution in [-0.2, 0) is 0 Å². The summed E-state index contributed by atoms with van der Waals surface area (Å²) in [7, 11) is 0. The number of nitrogens with two attached hydrogens (primary N) is 1. The van der Waals surface area contributed by atoms with E-state index in [4.69, 9.17) is 5.73 Å². The lowest BCUT2D eigenvalue weighted by Gasteiger charge is -2.11. The summed E-state index contributed by atoms with van der Waals surface area (Å²) in [5.41, 5.74) is 6.10. The van der Waals surface area contributed by atoms with Crippen molar-refractivity contribution < 1.29 is 4.79 Å². The van der Waals surface area contributed by atoms with E-state index in [1.807, 2.05) is 22.9 Å². The molecule has 3 heteroatoms. The van der Waals surface area contributed by atoms with Gasteiger partial charge in [0, 0.05) is 18.7 Å². The van der Waals surface area contributed by atoms with Crippen LogP contribution in [0.25, 0.3) is 0 Å². The molecule has 0 unspecified atom stereocenters. The molecule has 0 spiro atoms. The Balaban J connectivity index is 2.87. The van der Waals surface area contributed by atoms with Gasteiger partial charge in [-0.25, -0.2) is 0 Å². The van der Waals surface area contributed by atoms with Crippen LogP contribution in [-0.4, -0.2) is 16.9 Å². The zero-order valence-corrected chi connectivity index (χ0v) is 8.16. The summed E-state index contributed by atoms with van der Waals surface area (Å²) < 4.78 is 1.97. The minimum absolute atomic E-state index is 0.126. The van der Waals surface area contributed by atoms with Crippen molar-refractivity contribution >= 4 is 5.78 Å². The molecule has 0 radical (unpaired) electrons. The highest BCUT2D eigenvalue weighted by Gasteiger charge is 2.10. The van der Waals surface area contributed by atoms with Gasteiger partial charge in [0.25, 0.3) is 0 Å². The number of carbonyl (C=O) groups is 1. The molecule has 0 aromatic carbocycles. The summed E-state index contributed by atoms with van der Waals surface area (Å²) in [6, 6.07) is 4.06. The van der Waals surface area contributed by atoms with Crippen LogP contribution in [0.1, 0.15) is 36.8 Å². The second kappa shape index (κ2) is 4.23. The Bertz CT molecular complexity index is 289. The van der Waals surface area contributed by atoms with Crippen molar-refractivity contribution in [3.8, 4) is 0 Å². The van der Waals surface area contributed by atoms with Crippen molar-refractivity contribution in [1.29, 1.82) is 0 Å². The second-order valence-electron chi connectivity index (χ2n) is 3.36. The van der Waals surface area contributed by atoms with Gasteiger partial charge in [0.15, 0.2) is 5.78 Å². The highest BCUT2D eigenvalue weighted by molar-refractivity contribution is 5.94. The van der Waals surface area contributed by atoms with Crippen molar-refractivity contribution in [3.05, 3.63) is 24.0 Å². The van der Waals surface area contributed by atoms with Gasteiger partial charge in [0.1, 0.15) is 0 Å². The molecule has 0 aliphatic heterocycles. The van der Waals surface area contributed by atoms with E-state index in [1.54, 1.807) is 0 Å². The number of carbonyl (C=O) groups excluding carboxylic acids is 1. The van der Waals surface area contributed by atoms with Crippen molar-refractivity contribution in [2.75, 3.05) is 6.54 Å². The van der Waals surface area contributed by atoms with Gasteiger partial charge in [-0.2, -0.15) is 0 Å². The van der Waals surface area contributed by atoms with E-state index in [1.165, 1.54) is 0 Å². The molecule has 13 heavy (non-hydrogen) atoms. The minimum Gasteiger partial charge on any atom is -0.343 e. The molecule has 1 heterocycles. The maximum absolute atomic E-state index is 11.5. The number of hydrogen-bond acceptors (Lipinski definition) is 2. The van der Waals surface area contributed by atoms with Gasteiger partial charge in [-0.15, -0.1) is 0 Å². The summed E-state index contributed by atoms with van der Waals surface area (Å²) in [6.45, 7) is 4.53. The Morgan fingerprint density at radius 3 is 2.85 bits per heavy atom. The molecule has 0 saturated carbocycles. The fourth-order valence-electron chi connectivity index (χ4n) is 1.34. The van der Waals surface area contributed by atoms with Crippen LogP contribution >= 0.6 is 0 Å². The third kappa shape index (κ3) is 2.18. The molecule has 0 saturated heterocycles. The van der Waals surface area contributed by atoms with Crippen LogP contribution in [0.5, 0.6) is 0 Å². The standard InChI is InChI=1S/C10H16N2O/c1-8(2)12-7-3-4-9(12)10(13)5-6-11/h3-4,7-8H,5-6,11H2,1-2H3. The van der Waals surface area contributed by atoms with Gasteiger partial charge in [-0.1, -0.05) is 0 Å². The molecule has 72 valence electrons. The summed E-state index contributed by atoms with van der Waals surface area (Å²) in [5, 5.41) is 0. The molecule has 0 amide bonds. The Hall–Kier alpha value is -1.09. The average Bonchev–Trinajstić information content (AvgIpc) is 2.52.